The fourth-order valence-corrected chi connectivity index (χ4v) is 2.50. The second-order valence-electron chi connectivity index (χ2n) is 3.87. The van der Waals surface area contributed by atoms with Gasteiger partial charge in [-0.15, -0.1) is 10.2 Å². The second-order valence-corrected chi connectivity index (χ2v) is 5.84. The SMILES string of the molecule is CN(C)c1ccc(NC(=O)c2nnc(Cl)s2)cc1Cl. The molecule has 1 amide bonds. The summed E-state index contributed by atoms with van der Waals surface area (Å²) in [6.45, 7) is 0. The summed E-state index contributed by atoms with van der Waals surface area (Å²) in [5, 5.41) is 10.7. The van der Waals surface area contributed by atoms with Gasteiger partial charge in [0.1, 0.15) is 0 Å². The Kier molecular flexibility index (Phi) is 4.24. The fourth-order valence-electron chi connectivity index (χ4n) is 1.43. The summed E-state index contributed by atoms with van der Waals surface area (Å²) in [7, 11) is 3.78. The minimum atomic E-state index is -0.363. The first kappa shape index (κ1) is 14.0. The number of rotatable bonds is 3. The van der Waals surface area contributed by atoms with Gasteiger partial charge in [0.15, 0.2) is 0 Å². The van der Waals surface area contributed by atoms with Crippen molar-refractivity contribution in [3.05, 3.63) is 32.7 Å². The summed E-state index contributed by atoms with van der Waals surface area (Å²) >= 11 is 12.8. The van der Waals surface area contributed by atoms with Crippen LogP contribution in [-0.2, 0) is 0 Å². The number of anilines is 2. The molecule has 19 heavy (non-hydrogen) atoms. The van der Waals surface area contributed by atoms with Crippen molar-refractivity contribution >= 4 is 51.8 Å². The van der Waals surface area contributed by atoms with Crippen molar-refractivity contribution in [2.24, 2.45) is 0 Å². The standard InChI is InChI=1S/C11H10Cl2N4OS/c1-17(2)8-4-3-6(5-7(8)12)14-9(18)10-15-16-11(13)19-10/h3-5H,1-2H3,(H,14,18). The van der Waals surface area contributed by atoms with E-state index in [2.05, 4.69) is 15.5 Å². The number of halogens is 2. The molecule has 0 unspecified atom stereocenters. The Labute approximate surface area is 124 Å². The number of amides is 1. The van der Waals surface area contributed by atoms with Crippen molar-refractivity contribution in [3.63, 3.8) is 0 Å². The quantitative estimate of drug-likeness (QED) is 0.945. The molecule has 0 fully saturated rings. The first-order valence-electron chi connectivity index (χ1n) is 5.24. The summed E-state index contributed by atoms with van der Waals surface area (Å²) in [5.74, 6) is -0.363. The maximum Gasteiger partial charge on any atom is 0.286 e. The summed E-state index contributed by atoms with van der Waals surface area (Å²) < 4.78 is 0.228. The van der Waals surface area contributed by atoms with Gasteiger partial charge >= 0.3 is 0 Å². The molecule has 2 aromatic rings. The van der Waals surface area contributed by atoms with E-state index in [0.717, 1.165) is 17.0 Å². The first-order valence-corrected chi connectivity index (χ1v) is 6.82. The third-order valence-electron chi connectivity index (χ3n) is 2.28. The van der Waals surface area contributed by atoms with Crippen molar-refractivity contribution < 1.29 is 4.79 Å². The zero-order valence-electron chi connectivity index (χ0n) is 10.1. The smallest absolute Gasteiger partial charge is 0.286 e. The monoisotopic (exact) mass is 316 g/mol. The Balaban J connectivity index is 2.16. The molecular formula is C11H10Cl2N4OS. The van der Waals surface area contributed by atoms with E-state index >= 15 is 0 Å². The number of carbonyl (C=O) groups excluding carboxylic acids is 1. The van der Waals surface area contributed by atoms with E-state index in [4.69, 9.17) is 23.2 Å². The van der Waals surface area contributed by atoms with Gasteiger partial charge in [0, 0.05) is 19.8 Å². The molecule has 100 valence electrons. The van der Waals surface area contributed by atoms with E-state index in [-0.39, 0.29) is 15.4 Å². The lowest BCUT2D eigenvalue weighted by Gasteiger charge is -2.15. The van der Waals surface area contributed by atoms with Crippen molar-refractivity contribution in [1.82, 2.24) is 10.2 Å². The summed E-state index contributed by atoms with van der Waals surface area (Å²) in [6, 6.07) is 5.27. The van der Waals surface area contributed by atoms with E-state index in [1.807, 2.05) is 25.1 Å². The first-order chi connectivity index (χ1) is 8.97. The Bertz CT molecular complexity index is 614. The van der Waals surface area contributed by atoms with Gasteiger partial charge in [0.25, 0.3) is 5.91 Å². The van der Waals surface area contributed by atoms with Crippen LogP contribution in [0.15, 0.2) is 18.2 Å². The number of nitrogens with one attached hydrogen (secondary N) is 1. The Morgan fingerprint density at radius 2 is 2.05 bits per heavy atom. The van der Waals surface area contributed by atoms with Gasteiger partial charge < -0.3 is 10.2 Å². The molecular weight excluding hydrogens is 307 g/mol. The number of aromatic nitrogens is 2. The van der Waals surface area contributed by atoms with E-state index in [1.165, 1.54) is 0 Å². The number of hydrogen-bond donors (Lipinski definition) is 1. The lowest BCUT2D eigenvalue weighted by atomic mass is 10.2. The van der Waals surface area contributed by atoms with E-state index < -0.39 is 0 Å². The van der Waals surface area contributed by atoms with Gasteiger partial charge in [-0.1, -0.05) is 22.9 Å². The number of hydrogen-bond acceptors (Lipinski definition) is 5. The average molecular weight is 317 g/mol. The van der Waals surface area contributed by atoms with Crippen LogP contribution < -0.4 is 10.2 Å². The number of benzene rings is 1. The molecule has 0 aliphatic heterocycles. The Morgan fingerprint density at radius 1 is 1.32 bits per heavy atom. The Hall–Kier alpha value is -1.37. The largest absolute Gasteiger partial charge is 0.376 e. The third-order valence-corrected chi connectivity index (χ3v) is 3.60. The molecule has 0 radical (unpaired) electrons. The average Bonchev–Trinajstić information content (AvgIpc) is 2.75. The molecule has 0 saturated carbocycles. The highest BCUT2D eigenvalue weighted by Gasteiger charge is 2.13. The van der Waals surface area contributed by atoms with Crippen molar-refractivity contribution in [2.75, 3.05) is 24.3 Å². The van der Waals surface area contributed by atoms with E-state index in [9.17, 15) is 4.79 Å². The maximum absolute atomic E-state index is 11.8. The maximum atomic E-state index is 11.8. The fraction of sp³-hybridized carbons (Fsp3) is 0.182. The van der Waals surface area contributed by atoms with Gasteiger partial charge in [-0.2, -0.15) is 0 Å². The minimum absolute atomic E-state index is 0.206. The minimum Gasteiger partial charge on any atom is -0.376 e. The molecule has 0 saturated heterocycles. The second kappa shape index (κ2) is 5.73. The Morgan fingerprint density at radius 3 is 2.58 bits per heavy atom. The van der Waals surface area contributed by atoms with Gasteiger partial charge in [0.05, 0.1) is 10.7 Å². The van der Waals surface area contributed by atoms with Crippen molar-refractivity contribution in [1.29, 1.82) is 0 Å². The molecule has 0 aliphatic rings. The molecule has 8 heteroatoms. The lowest BCUT2D eigenvalue weighted by molar-refractivity contribution is 0.102. The lowest BCUT2D eigenvalue weighted by Crippen LogP contribution is -2.13. The molecule has 1 heterocycles. The highest BCUT2D eigenvalue weighted by atomic mass is 35.5. The van der Waals surface area contributed by atoms with Gasteiger partial charge in [-0.3, -0.25) is 4.79 Å². The normalized spacial score (nSPS) is 10.3. The van der Waals surface area contributed by atoms with Crippen molar-refractivity contribution in [2.45, 2.75) is 0 Å². The van der Waals surface area contributed by atoms with Gasteiger partial charge in [0.2, 0.25) is 9.47 Å². The van der Waals surface area contributed by atoms with Crippen LogP contribution in [-0.4, -0.2) is 30.2 Å². The van der Waals surface area contributed by atoms with Crippen LogP contribution in [0.1, 0.15) is 9.80 Å². The van der Waals surface area contributed by atoms with Crippen LogP contribution in [0.3, 0.4) is 0 Å². The molecule has 0 bridgehead atoms. The predicted molar refractivity (Wildman–Crippen MR) is 78.7 cm³/mol. The van der Waals surface area contributed by atoms with Crippen LogP contribution in [0.25, 0.3) is 0 Å². The van der Waals surface area contributed by atoms with Gasteiger partial charge in [-0.05, 0) is 29.8 Å². The zero-order chi connectivity index (χ0) is 14.0. The topological polar surface area (TPSA) is 58.1 Å². The van der Waals surface area contributed by atoms with Crippen LogP contribution >= 0.6 is 34.5 Å². The molecule has 0 spiro atoms. The van der Waals surface area contributed by atoms with Gasteiger partial charge in [-0.25, -0.2) is 0 Å². The highest BCUT2D eigenvalue weighted by Crippen LogP contribution is 2.27. The van der Waals surface area contributed by atoms with E-state index in [0.29, 0.717) is 10.7 Å². The van der Waals surface area contributed by atoms with E-state index in [1.54, 1.807) is 12.1 Å². The predicted octanol–water partition coefficient (Wildman–Crippen LogP) is 3.16. The molecule has 1 aromatic carbocycles. The van der Waals surface area contributed by atoms with Crippen LogP contribution in [0.2, 0.25) is 9.49 Å². The van der Waals surface area contributed by atoms with Crippen LogP contribution in [0.5, 0.6) is 0 Å². The van der Waals surface area contributed by atoms with Crippen LogP contribution in [0.4, 0.5) is 11.4 Å². The molecule has 0 atom stereocenters. The summed E-state index contributed by atoms with van der Waals surface area (Å²) in [6.07, 6.45) is 0. The van der Waals surface area contributed by atoms with Crippen LogP contribution in [0, 0.1) is 0 Å². The molecule has 1 aromatic heterocycles. The summed E-state index contributed by atoms with van der Waals surface area (Å²) in [4.78, 5) is 13.7. The molecule has 5 nitrogen and oxygen atoms in total. The highest BCUT2D eigenvalue weighted by molar-refractivity contribution is 7.17. The third kappa shape index (κ3) is 3.34. The number of nitrogens with zero attached hydrogens (tertiary/aromatic N) is 3. The zero-order valence-corrected chi connectivity index (χ0v) is 12.5. The molecule has 1 N–H and O–H groups in total. The summed E-state index contributed by atoms with van der Waals surface area (Å²) in [5.41, 5.74) is 1.46. The number of carbonyl (C=O) groups is 1. The molecule has 2 rings (SSSR count). The van der Waals surface area contributed by atoms with Crippen molar-refractivity contribution in [3.8, 4) is 0 Å². The molecule has 0 aliphatic carbocycles.